The fraction of sp³-hybridized carbons (Fsp3) is 0.211. The number of hydrogen-bond acceptors (Lipinski definition) is 4. The highest BCUT2D eigenvalue weighted by molar-refractivity contribution is 7.89. The number of nitrogens with zero attached hydrogens (tertiary/aromatic N) is 1. The van der Waals surface area contributed by atoms with Gasteiger partial charge in [-0.1, -0.05) is 18.2 Å². The number of furan rings is 1. The maximum atomic E-state index is 12.6. The summed E-state index contributed by atoms with van der Waals surface area (Å²) in [5, 5.41) is 3.59. The fourth-order valence-corrected chi connectivity index (χ4v) is 3.61. The van der Waals surface area contributed by atoms with Gasteiger partial charge in [0, 0.05) is 25.2 Å². The largest absolute Gasteiger partial charge is 0.451 e. The first-order valence-corrected chi connectivity index (χ1v) is 9.48. The first kappa shape index (κ1) is 18.2. The number of carbonyl (C=O) groups is 1. The highest BCUT2D eigenvalue weighted by Gasteiger charge is 2.21. The molecule has 3 rings (SSSR count). The van der Waals surface area contributed by atoms with Crippen LogP contribution in [0.4, 0.5) is 5.69 Å². The Hall–Kier alpha value is -2.64. The first-order valence-electron chi connectivity index (χ1n) is 8.04. The van der Waals surface area contributed by atoms with E-state index in [1.165, 1.54) is 20.2 Å². The van der Waals surface area contributed by atoms with Gasteiger partial charge >= 0.3 is 0 Å². The van der Waals surface area contributed by atoms with Gasteiger partial charge in [0.1, 0.15) is 5.58 Å². The molecule has 0 spiro atoms. The van der Waals surface area contributed by atoms with Crippen LogP contribution in [0.15, 0.2) is 51.8 Å². The summed E-state index contributed by atoms with van der Waals surface area (Å²) in [6, 6.07) is 12.1. The Balaban J connectivity index is 1.98. The van der Waals surface area contributed by atoms with E-state index >= 15 is 0 Å². The monoisotopic (exact) mass is 372 g/mol. The quantitative estimate of drug-likeness (QED) is 0.759. The molecule has 0 radical (unpaired) electrons. The third kappa shape index (κ3) is 3.23. The van der Waals surface area contributed by atoms with Crippen LogP contribution in [0.3, 0.4) is 0 Å². The minimum absolute atomic E-state index is 0.130. The van der Waals surface area contributed by atoms with Crippen molar-refractivity contribution in [2.24, 2.45) is 0 Å². The van der Waals surface area contributed by atoms with Crippen molar-refractivity contribution in [2.45, 2.75) is 18.7 Å². The van der Waals surface area contributed by atoms with Gasteiger partial charge in [0.05, 0.1) is 4.90 Å². The van der Waals surface area contributed by atoms with Gasteiger partial charge in [0.25, 0.3) is 5.91 Å². The molecule has 1 heterocycles. The van der Waals surface area contributed by atoms with E-state index in [0.717, 1.165) is 20.8 Å². The lowest BCUT2D eigenvalue weighted by atomic mass is 10.1. The second-order valence-corrected chi connectivity index (χ2v) is 8.45. The fourth-order valence-electron chi connectivity index (χ4n) is 2.59. The maximum absolute atomic E-state index is 12.6. The highest BCUT2D eigenvalue weighted by Crippen LogP contribution is 2.27. The summed E-state index contributed by atoms with van der Waals surface area (Å²) in [5.41, 5.74) is 2.63. The number of benzene rings is 2. The Kier molecular flexibility index (Phi) is 4.60. The summed E-state index contributed by atoms with van der Waals surface area (Å²) in [5.74, 6) is -0.257. The van der Waals surface area contributed by atoms with Crippen LogP contribution in [0.2, 0.25) is 0 Å². The summed E-state index contributed by atoms with van der Waals surface area (Å²) >= 11 is 0. The Labute approximate surface area is 152 Å². The zero-order valence-corrected chi connectivity index (χ0v) is 15.8. The van der Waals surface area contributed by atoms with Crippen LogP contribution in [0, 0.1) is 13.8 Å². The van der Waals surface area contributed by atoms with Crippen LogP contribution in [0.25, 0.3) is 11.0 Å². The molecule has 0 aliphatic heterocycles. The van der Waals surface area contributed by atoms with E-state index in [2.05, 4.69) is 5.32 Å². The van der Waals surface area contributed by atoms with Crippen LogP contribution in [0.5, 0.6) is 0 Å². The smallest absolute Gasteiger partial charge is 0.291 e. The number of para-hydroxylation sites is 1. The van der Waals surface area contributed by atoms with Crippen LogP contribution < -0.4 is 5.32 Å². The number of anilines is 1. The Morgan fingerprint density at radius 1 is 1.08 bits per heavy atom. The van der Waals surface area contributed by atoms with Crippen LogP contribution in [-0.4, -0.2) is 32.7 Å². The van der Waals surface area contributed by atoms with Crippen molar-refractivity contribution in [1.29, 1.82) is 0 Å². The number of fused-ring (bicyclic) bond motifs is 1. The van der Waals surface area contributed by atoms with Gasteiger partial charge in [0.2, 0.25) is 10.0 Å². The minimum Gasteiger partial charge on any atom is -0.451 e. The average molecular weight is 372 g/mol. The number of nitrogens with one attached hydrogen (secondary N) is 1. The van der Waals surface area contributed by atoms with E-state index in [1.54, 1.807) is 25.1 Å². The molecule has 1 N–H and O–H groups in total. The topological polar surface area (TPSA) is 79.6 Å². The summed E-state index contributed by atoms with van der Waals surface area (Å²) < 4.78 is 31.5. The molecule has 2 aromatic carbocycles. The molecule has 0 bridgehead atoms. The molecule has 0 saturated heterocycles. The minimum atomic E-state index is -3.60. The zero-order valence-electron chi connectivity index (χ0n) is 15.0. The molecule has 0 aliphatic carbocycles. The molecule has 1 amide bonds. The van der Waals surface area contributed by atoms with Gasteiger partial charge in [0.15, 0.2) is 5.76 Å². The third-order valence-electron chi connectivity index (χ3n) is 4.32. The molecule has 0 unspecified atom stereocenters. The van der Waals surface area contributed by atoms with Gasteiger partial charge in [-0.15, -0.1) is 0 Å². The molecule has 6 nitrogen and oxygen atoms in total. The van der Waals surface area contributed by atoms with E-state index in [4.69, 9.17) is 4.42 Å². The number of aryl methyl sites for hydroxylation is 1. The summed E-state index contributed by atoms with van der Waals surface area (Å²) in [7, 11) is -0.662. The lowest BCUT2D eigenvalue weighted by Gasteiger charge is -2.16. The second kappa shape index (κ2) is 6.59. The van der Waals surface area contributed by atoms with Crippen molar-refractivity contribution in [2.75, 3.05) is 19.4 Å². The van der Waals surface area contributed by atoms with Crippen molar-refractivity contribution in [3.8, 4) is 0 Å². The third-order valence-corrected chi connectivity index (χ3v) is 6.11. The van der Waals surface area contributed by atoms with Crippen LogP contribution >= 0.6 is 0 Å². The van der Waals surface area contributed by atoms with Gasteiger partial charge in [-0.25, -0.2) is 12.7 Å². The van der Waals surface area contributed by atoms with E-state index in [1.807, 2.05) is 25.1 Å². The van der Waals surface area contributed by atoms with E-state index in [-0.39, 0.29) is 10.7 Å². The van der Waals surface area contributed by atoms with Crippen LogP contribution in [0.1, 0.15) is 21.7 Å². The van der Waals surface area contributed by atoms with E-state index in [9.17, 15) is 13.2 Å². The van der Waals surface area contributed by atoms with Crippen molar-refractivity contribution >= 4 is 32.6 Å². The molecular formula is C19H20N2O4S. The van der Waals surface area contributed by atoms with Crippen molar-refractivity contribution < 1.29 is 17.6 Å². The number of carbonyl (C=O) groups excluding carboxylic acids is 1. The highest BCUT2D eigenvalue weighted by atomic mass is 32.2. The van der Waals surface area contributed by atoms with Crippen molar-refractivity contribution in [3.63, 3.8) is 0 Å². The van der Waals surface area contributed by atoms with Gasteiger partial charge < -0.3 is 9.73 Å². The predicted molar refractivity (Wildman–Crippen MR) is 101 cm³/mol. The summed E-state index contributed by atoms with van der Waals surface area (Å²) in [4.78, 5) is 12.7. The molecule has 1 aromatic heterocycles. The molecule has 0 atom stereocenters. The molecule has 0 saturated carbocycles. The summed E-state index contributed by atoms with van der Waals surface area (Å²) in [6.07, 6.45) is 0. The molecule has 0 aliphatic rings. The lowest BCUT2D eigenvalue weighted by Crippen LogP contribution is -2.23. The summed E-state index contributed by atoms with van der Waals surface area (Å²) in [6.45, 7) is 3.64. The standard InChI is InChI=1S/C19H20N2O4S/c1-12-9-15(26(23,24)21(3)4)11-16(13(12)2)20-19(22)18-10-14-7-5-6-8-17(14)25-18/h5-11H,1-4H3,(H,20,22). The molecule has 136 valence electrons. The predicted octanol–water partition coefficient (Wildman–Crippen LogP) is 3.55. The number of sulfonamides is 1. The van der Waals surface area contributed by atoms with Gasteiger partial charge in [-0.05, 0) is 49.2 Å². The Morgan fingerprint density at radius 2 is 1.77 bits per heavy atom. The number of amides is 1. The zero-order chi connectivity index (χ0) is 19.1. The molecule has 0 fully saturated rings. The lowest BCUT2D eigenvalue weighted by molar-refractivity contribution is 0.0998. The molecule has 3 aromatic rings. The Bertz CT molecular complexity index is 1060. The Morgan fingerprint density at radius 3 is 2.42 bits per heavy atom. The molecular weight excluding hydrogens is 352 g/mol. The molecule has 7 heteroatoms. The van der Waals surface area contributed by atoms with Gasteiger partial charge in [-0.2, -0.15) is 0 Å². The number of rotatable bonds is 4. The second-order valence-electron chi connectivity index (χ2n) is 6.30. The normalized spacial score (nSPS) is 11.9. The van der Waals surface area contributed by atoms with Gasteiger partial charge in [-0.3, -0.25) is 4.79 Å². The van der Waals surface area contributed by atoms with Crippen molar-refractivity contribution in [3.05, 3.63) is 59.4 Å². The SMILES string of the molecule is Cc1cc(S(=O)(=O)N(C)C)cc(NC(=O)c2cc3ccccc3o2)c1C. The average Bonchev–Trinajstić information content (AvgIpc) is 3.02. The maximum Gasteiger partial charge on any atom is 0.291 e. The first-order chi connectivity index (χ1) is 12.2. The van der Waals surface area contributed by atoms with E-state index in [0.29, 0.717) is 11.3 Å². The van der Waals surface area contributed by atoms with Crippen molar-refractivity contribution in [1.82, 2.24) is 4.31 Å². The van der Waals surface area contributed by atoms with E-state index < -0.39 is 15.9 Å². The number of hydrogen-bond donors (Lipinski definition) is 1. The van der Waals surface area contributed by atoms with Crippen LogP contribution in [-0.2, 0) is 10.0 Å². The molecule has 26 heavy (non-hydrogen) atoms.